The van der Waals surface area contributed by atoms with Crippen molar-refractivity contribution in [3.63, 3.8) is 0 Å². The van der Waals surface area contributed by atoms with Crippen molar-refractivity contribution in [3.05, 3.63) is 35.6 Å². The molecule has 20 heavy (non-hydrogen) atoms. The first-order valence-electron chi connectivity index (χ1n) is 7.79. The molecule has 2 N–H and O–H groups in total. The highest BCUT2D eigenvalue weighted by molar-refractivity contribution is 5.16. The molecule has 3 atom stereocenters. The van der Waals surface area contributed by atoms with Gasteiger partial charge in [-0.15, -0.1) is 0 Å². The van der Waals surface area contributed by atoms with Crippen molar-refractivity contribution in [1.29, 1.82) is 0 Å². The lowest BCUT2D eigenvalue weighted by Crippen LogP contribution is -2.34. The van der Waals surface area contributed by atoms with E-state index in [2.05, 4.69) is 12.2 Å². The Balaban J connectivity index is 1.65. The molecule has 1 saturated carbocycles. The molecule has 0 heterocycles. The largest absolute Gasteiger partial charge is 0.393 e. The zero-order valence-corrected chi connectivity index (χ0v) is 12.3. The van der Waals surface area contributed by atoms with Gasteiger partial charge >= 0.3 is 0 Å². The lowest BCUT2D eigenvalue weighted by Gasteiger charge is -2.27. The Labute approximate surface area is 121 Å². The summed E-state index contributed by atoms with van der Waals surface area (Å²) in [5, 5.41) is 13.2. The van der Waals surface area contributed by atoms with Gasteiger partial charge in [-0.3, -0.25) is 0 Å². The van der Waals surface area contributed by atoms with E-state index in [0.29, 0.717) is 12.0 Å². The number of aliphatic hydroxyl groups is 1. The Morgan fingerprint density at radius 1 is 1.30 bits per heavy atom. The fraction of sp³-hybridized carbons (Fsp3) is 0.647. The van der Waals surface area contributed by atoms with Crippen molar-refractivity contribution in [3.8, 4) is 0 Å². The number of aliphatic hydroxyl groups excluding tert-OH is 1. The number of rotatable bonds is 6. The summed E-state index contributed by atoms with van der Waals surface area (Å²) in [7, 11) is 0. The molecule has 1 aliphatic rings. The first kappa shape index (κ1) is 15.5. The van der Waals surface area contributed by atoms with Gasteiger partial charge in [-0.2, -0.15) is 0 Å². The van der Waals surface area contributed by atoms with Gasteiger partial charge in [0.2, 0.25) is 0 Å². The molecule has 0 saturated heterocycles. The normalized spacial score (nSPS) is 24.6. The molecule has 0 amide bonds. The summed E-state index contributed by atoms with van der Waals surface area (Å²) in [5.41, 5.74) is 1.19. The van der Waals surface area contributed by atoms with E-state index in [4.69, 9.17) is 0 Å². The van der Waals surface area contributed by atoms with E-state index in [1.807, 2.05) is 12.1 Å². The summed E-state index contributed by atoms with van der Waals surface area (Å²) >= 11 is 0. The van der Waals surface area contributed by atoms with Gasteiger partial charge in [0, 0.05) is 6.04 Å². The van der Waals surface area contributed by atoms with Crippen LogP contribution in [-0.2, 0) is 6.42 Å². The molecule has 2 nitrogen and oxygen atoms in total. The summed E-state index contributed by atoms with van der Waals surface area (Å²) in [6.07, 6.45) is 6.23. The Kier molecular flexibility index (Phi) is 5.99. The molecule has 0 spiro atoms. The van der Waals surface area contributed by atoms with Crippen LogP contribution < -0.4 is 5.32 Å². The van der Waals surface area contributed by atoms with Crippen molar-refractivity contribution in [2.45, 2.75) is 57.6 Å². The van der Waals surface area contributed by atoms with Crippen LogP contribution in [0.1, 0.15) is 44.6 Å². The molecular formula is C17H26FNO. The van der Waals surface area contributed by atoms with Crippen LogP contribution in [-0.4, -0.2) is 23.8 Å². The van der Waals surface area contributed by atoms with Crippen LogP contribution in [0.15, 0.2) is 24.3 Å². The third kappa shape index (κ3) is 5.22. The maximum atomic E-state index is 12.8. The molecular weight excluding hydrogens is 253 g/mol. The van der Waals surface area contributed by atoms with Crippen molar-refractivity contribution >= 4 is 0 Å². The monoisotopic (exact) mass is 279 g/mol. The number of nitrogens with one attached hydrogen (secondary N) is 1. The van der Waals surface area contributed by atoms with E-state index < -0.39 is 0 Å². The van der Waals surface area contributed by atoms with Crippen LogP contribution in [0.5, 0.6) is 0 Å². The number of aryl methyl sites for hydroxylation is 1. The molecule has 1 aromatic carbocycles. The molecule has 0 radical (unpaired) electrons. The van der Waals surface area contributed by atoms with Gasteiger partial charge in [-0.05, 0) is 69.2 Å². The van der Waals surface area contributed by atoms with Crippen LogP contribution in [0.4, 0.5) is 4.39 Å². The van der Waals surface area contributed by atoms with Crippen molar-refractivity contribution in [2.24, 2.45) is 5.92 Å². The molecule has 0 aliphatic heterocycles. The number of benzene rings is 1. The quantitative estimate of drug-likeness (QED) is 0.837. The Morgan fingerprint density at radius 3 is 2.75 bits per heavy atom. The Hall–Kier alpha value is -0.930. The number of hydrogen-bond donors (Lipinski definition) is 2. The second kappa shape index (κ2) is 7.75. The third-order valence-electron chi connectivity index (χ3n) is 4.29. The lowest BCUT2D eigenvalue weighted by atomic mass is 9.87. The van der Waals surface area contributed by atoms with Crippen molar-refractivity contribution in [1.82, 2.24) is 5.32 Å². The first-order chi connectivity index (χ1) is 9.63. The van der Waals surface area contributed by atoms with Crippen molar-refractivity contribution in [2.75, 3.05) is 6.54 Å². The zero-order valence-electron chi connectivity index (χ0n) is 12.3. The van der Waals surface area contributed by atoms with E-state index in [-0.39, 0.29) is 11.9 Å². The lowest BCUT2D eigenvalue weighted by molar-refractivity contribution is 0.0997. The third-order valence-corrected chi connectivity index (χ3v) is 4.29. The number of hydrogen-bond acceptors (Lipinski definition) is 2. The average Bonchev–Trinajstić information content (AvgIpc) is 2.45. The second-order valence-corrected chi connectivity index (χ2v) is 6.16. The number of halogens is 1. The predicted molar refractivity (Wildman–Crippen MR) is 80.2 cm³/mol. The van der Waals surface area contributed by atoms with Crippen LogP contribution in [0.25, 0.3) is 0 Å². The van der Waals surface area contributed by atoms with Gasteiger partial charge in [0.15, 0.2) is 0 Å². The molecule has 1 aromatic rings. The Morgan fingerprint density at radius 2 is 2.05 bits per heavy atom. The smallest absolute Gasteiger partial charge is 0.123 e. The van der Waals surface area contributed by atoms with E-state index in [1.165, 1.54) is 24.1 Å². The van der Waals surface area contributed by atoms with Gasteiger partial charge in [0.25, 0.3) is 0 Å². The van der Waals surface area contributed by atoms with Crippen LogP contribution in [0, 0.1) is 11.7 Å². The molecule has 3 heteroatoms. The summed E-state index contributed by atoms with van der Waals surface area (Å²) < 4.78 is 12.8. The van der Waals surface area contributed by atoms with Gasteiger partial charge < -0.3 is 10.4 Å². The fourth-order valence-electron chi connectivity index (χ4n) is 2.95. The average molecular weight is 279 g/mol. The minimum atomic E-state index is -0.171. The maximum Gasteiger partial charge on any atom is 0.123 e. The molecule has 1 aliphatic carbocycles. The molecule has 1 fully saturated rings. The van der Waals surface area contributed by atoms with E-state index in [9.17, 15) is 9.50 Å². The van der Waals surface area contributed by atoms with Crippen molar-refractivity contribution < 1.29 is 9.50 Å². The highest BCUT2D eigenvalue weighted by Gasteiger charge is 2.20. The topological polar surface area (TPSA) is 32.3 Å². The fourth-order valence-corrected chi connectivity index (χ4v) is 2.95. The second-order valence-electron chi connectivity index (χ2n) is 6.16. The van der Waals surface area contributed by atoms with Crippen LogP contribution in [0.3, 0.4) is 0 Å². The molecule has 0 aromatic heterocycles. The van der Waals surface area contributed by atoms with Crippen LogP contribution in [0.2, 0.25) is 0 Å². The van der Waals surface area contributed by atoms with Crippen LogP contribution >= 0.6 is 0 Å². The standard InChI is InChI=1S/C17H26FNO/c1-13(5-6-14-7-9-16(18)10-8-14)19-12-15-3-2-4-17(20)11-15/h7-10,13,15,17,19-20H,2-6,11-12H2,1H3. The highest BCUT2D eigenvalue weighted by atomic mass is 19.1. The highest BCUT2D eigenvalue weighted by Crippen LogP contribution is 2.23. The van der Waals surface area contributed by atoms with Gasteiger partial charge in [0.05, 0.1) is 6.10 Å². The zero-order chi connectivity index (χ0) is 14.4. The SMILES string of the molecule is CC(CCc1ccc(F)cc1)NCC1CCCC(O)C1. The summed E-state index contributed by atoms with van der Waals surface area (Å²) in [6, 6.07) is 7.23. The summed E-state index contributed by atoms with van der Waals surface area (Å²) in [4.78, 5) is 0. The molecule has 112 valence electrons. The van der Waals surface area contributed by atoms with Gasteiger partial charge in [0.1, 0.15) is 5.82 Å². The van der Waals surface area contributed by atoms with Gasteiger partial charge in [-0.1, -0.05) is 18.6 Å². The summed E-state index contributed by atoms with van der Waals surface area (Å²) in [6.45, 7) is 3.20. The van der Waals surface area contributed by atoms with E-state index >= 15 is 0 Å². The minimum absolute atomic E-state index is 0.0925. The van der Waals surface area contributed by atoms with E-state index in [0.717, 1.165) is 38.6 Å². The molecule has 2 rings (SSSR count). The Bertz CT molecular complexity index is 392. The van der Waals surface area contributed by atoms with E-state index in [1.54, 1.807) is 0 Å². The maximum absolute atomic E-state index is 12.8. The summed E-state index contributed by atoms with van der Waals surface area (Å²) in [5.74, 6) is 0.447. The minimum Gasteiger partial charge on any atom is -0.393 e. The van der Waals surface area contributed by atoms with Gasteiger partial charge in [-0.25, -0.2) is 4.39 Å². The predicted octanol–water partition coefficient (Wildman–Crippen LogP) is 3.29. The first-order valence-corrected chi connectivity index (χ1v) is 7.79. The molecule has 0 bridgehead atoms. The molecule has 3 unspecified atom stereocenters.